The quantitative estimate of drug-likeness (QED) is 0.526. The van der Waals surface area contributed by atoms with E-state index in [4.69, 9.17) is 0 Å². The van der Waals surface area contributed by atoms with Crippen molar-refractivity contribution in [3.63, 3.8) is 0 Å². The van der Waals surface area contributed by atoms with Crippen LogP contribution in [0.1, 0.15) is 45.7 Å². The molecule has 2 aromatic carbocycles. The fraction of sp³-hybridized carbons (Fsp3) is 0.250. The van der Waals surface area contributed by atoms with Gasteiger partial charge >= 0.3 is 0 Å². The molecule has 1 aliphatic heterocycles. The minimum absolute atomic E-state index is 0.197. The number of rotatable bonds is 6. The van der Waals surface area contributed by atoms with E-state index in [0.29, 0.717) is 34.9 Å². The standard InChI is InChI=1S/C24H25N3O4S2/c28-23(18-7-9-19(10-8-18)26-24(29)22-6-5-17-32-22)25-20-11-13-21(14-12-20)33(30,31)27-15-3-1-2-4-16-27/h5-14,17H,1-4,15-16H2,(H,25,28)(H,26,29). The van der Waals surface area contributed by atoms with Crippen LogP contribution in [0.15, 0.2) is 70.9 Å². The second kappa shape index (κ2) is 10.3. The molecule has 0 unspecified atom stereocenters. The molecule has 2 heterocycles. The molecule has 1 fully saturated rings. The van der Waals surface area contributed by atoms with Gasteiger partial charge < -0.3 is 10.6 Å². The van der Waals surface area contributed by atoms with E-state index in [-0.39, 0.29) is 16.7 Å². The monoisotopic (exact) mass is 483 g/mol. The molecule has 0 spiro atoms. The lowest BCUT2D eigenvalue weighted by molar-refractivity contribution is 0.102. The summed E-state index contributed by atoms with van der Waals surface area (Å²) in [6.45, 7) is 1.09. The molecule has 1 saturated heterocycles. The number of carbonyl (C=O) groups is 2. The maximum absolute atomic E-state index is 12.9. The highest BCUT2D eigenvalue weighted by Crippen LogP contribution is 2.22. The maximum atomic E-state index is 12.9. The molecule has 0 aliphatic carbocycles. The Morgan fingerprint density at radius 1 is 0.758 bits per heavy atom. The lowest BCUT2D eigenvalue weighted by Gasteiger charge is -2.20. The van der Waals surface area contributed by atoms with Gasteiger partial charge in [-0.2, -0.15) is 4.31 Å². The highest BCUT2D eigenvalue weighted by molar-refractivity contribution is 7.89. The molecule has 33 heavy (non-hydrogen) atoms. The predicted molar refractivity (Wildman–Crippen MR) is 130 cm³/mol. The Labute approximate surface area is 197 Å². The van der Waals surface area contributed by atoms with Crippen LogP contribution in [0.3, 0.4) is 0 Å². The number of amides is 2. The van der Waals surface area contributed by atoms with Crippen molar-refractivity contribution in [2.45, 2.75) is 30.6 Å². The van der Waals surface area contributed by atoms with Gasteiger partial charge in [-0.15, -0.1) is 11.3 Å². The number of sulfonamides is 1. The van der Waals surface area contributed by atoms with Gasteiger partial charge in [0.2, 0.25) is 10.0 Å². The van der Waals surface area contributed by atoms with Crippen molar-refractivity contribution in [3.8, 4) is 0 Å². The van der Waals surface area contributed by atoms with Crippen LogP contribution < -0.4 is 10.6 Å². The van der Waals surface area contributed by atoms with E-state index < -0.39 is 10.0 Å². The molecule has 7 nitrogen and oxygen atoms in total. The fourth-order valence-electron chi connectivity index (χ4n) is 3.65. The lowest BCUT2D eigenvalue weighted by atomic mass is 10.2. The Morgan fingerprint density at radius 3 is 1.91 bits per heavy atom. The first-order valence-electron chi connectivity index (χ1n) is 10.8. The Bertz CT molecular complexity index is 1200. The molecule has 9 heteroatoms. The van der Waals surface area contributed by atoms with Crippen molar-refractivity contribution in [2.24, 2.45) is 0 Å². The molecule has 2 amide bonds. The highest BCUT2D eigenvalue weighted by atomic mass is 32.2. The molecule has 0 saturated carbocycles. The van der Waals surface area contributed by atoms with Crippen LogP contribution in [-0.4, -0.2) is 37.6 Å². The number of carbonyl (C=O) groups excluding carboxylic acids is 2. The Hall–Kier alpha value is -3.01. The first-order valence-corrected chi connectivity index (χ1v) is 13.1. The smallest absolute Gasteiger partial charge is 0.265 e. The van der Waals surface area contributed by atoms with Gasteiger partial charge in [-0.3, -0.25) is 9.59 Å². The average Bonchev–Trinajstić information content (AvgIpc) is 3.22. The molecule has 0 atom stereocenters. The van der Waals surface area contributed by atoms with Gasteiger partial charge in [0, 0.05) is 30.0 Å². The van der Waals surface area contributed by atoms with Gasteiger partial charge in [0.15, 0.2) is 0 Å². The first kappa shape index (κ1) is 23.2. The normalized spacial score (nSPS) is 14.9. The van der Waals surface area contributed by atoms with Gasteiger partial charge in [0.25, 0.3) is 11.8 Å². The van der Waals surface area contributed by atoms with E-state index in [1.807, 2.05) is 11.4 Å². The third kappa shape index (κ3) is 5.68. The summed E-state index contributed by atoms with van der Waals surface area (Å²) in [5, 5.41) is 7.40. The summed E-state index contributed by atoms with van der Waals surface area (Å²) >= 11 is 1.35. The molecule has 172 valence electrons. The zero-order chi connectivity index (χ0) is 23.3. The van der Waals surface area contributed by atoms with Crippen LogP contribution in [0.5, 0.6) is 0 Å². The van der Waals surface area contributed by atoms with E-state index in [2.05, 4.69) is 10.6 Å². The molecule has 1 aromatic heterocycles. The summed E-state index contributed by atoms with van der Waals surface area (Å²) in [6, 6.07) is 16.4. The number of hydrogen-bond donors (Lipinski definition) is 2. The van der Waals surface area contributed by atoms with Crippen molar-refractivity contribution < 1.29 is 18.0 Å². The minimum Gasteiger partial charge on any atom is -0.322 e. The van der Waals surface area contributed by atoms with E-state index in [9.17, 15) is 18.0 Å². The third-order valence-corrected chi connectivity index (χ3v) is 8.25. The second-order valence-electron chi connectivity index (χ2n) is 7.81. The average molecular weight is 484 g/mol. The Morgan fingerprint density at radius 2 is 1.33 bits per heavy atom. The molecule has 4 rings (SSSR count). The zero-order valence-corrected chi connectivity index (χ0v) is 19.6. The number of thiophene rings is 1. The molecule has 2 N–H and O–H groups in total. The van der Waals surface area contributed by atoms with Gasteiger partial charge in [-0.25, -0.2) is 8.42 Å². The summed E-state index contributed by atoms with van der Waals surface area (Å²) in [5.74, 6) is -0.522. The molecule has 0 radical (unpaired) electrons. The Kier molecular flexibility index (Phi) is 7.22. The van der Waals surface area contributed by atoms with E-state index in [1.165, 1.54) is 23.5 Å². The third-order valence-electron chi connectivity index (χ3n) is 5.46. The van der Waals surface area contributed by atoms with Crippen LogP contribution in [0.4, 0.5) is 11.4 Å². The van der Waals surface area contributed by atoms with Crippen molar-refractivity contribution in [1.82, 2.24) is 4.31 Å². The molecule has 1 aliphatic rings. The lowest BCUT2D eigenvalue weighted by Crippen LogP contribution is -2.31. The number of hydrogen-bond acceptors (Lipinski definition) is 5. The molecular formula is C24H25N3O4S2. The van der Waals surface area contributed by atoms with E-state index >= 15 is 0 Å². The number of nitrogens with one attached hydrogen (secondary N) is 2. The van der Waals surface area contributed by atoms with Gasteiger partial charge in [0.05, 0.1) is 9.77 Å². The van der Waals surface area contributed by atoms with Gasteiger partial charge in [-0.05, 0) is 72.8 Å². The zero-order valence-electron chi connectivity index (χ0n) is 18.0. The highest BCUT2D eigenvalue weighted by Gasteiger charge is 2.25. The topological polar surface area (TPSA) is 95.6 Å². The maximum Gasteiger partial charge on any atom is 0.265 e. The van der Waals surface area contributed by atoms with E-state index in [1.54, 1.807) is 46.8 Å². The van der Waals surface area contributed by atoms with Crippen LogP contribution >= 0.6 is 11.3 Å². The van der Waals surface area contributed by atoms with Crippen LogP contribution in [0, 0.1) is 0 Å². The largest absolute Gasteiger partial charge is 0.322 e. The second-order valence-corrected chi connectivity index (χ2v) is 10.7. The van der Waals surface area contributed by atoms with Gasteiger partial charge in [0.1, 0.15) is 0 Å². The SMILES string of the molecule is O=C(Nc1ccc(S(=O)(=O)N2CCCCCC2)cc1)c1ccc(NC(=O)c2cccs2)cc1. The molecular weight excluding hydrogens is 458 g/mol. The number of benzene rings is 2. The number of anilines is 2. The van der Waals surface area contributed by atoms with Crippen molar-refractivity contribution >= 4 is 44.5 Å². The summed E-state index contributed by atoms with van der Waals surface area (Å²) < 4.78 is 27.3. The Balaban J connectivity index is 1.37. The molecule has 3 aromatic rings. The van der Waals surface area contributed by atoms with Crippen molar-refractivity contribution in [3.05, 3.63) is 76.5 Å². The number of nitrogens with zero attached hydrogens (tertiary/aromatic N) is 1. The summed E-state index contributed by atoms with van der Waals surface area (Å²) in [6.07, 6.45) is 3.87. The molecule has 0 bridgehead atoms. The first-order chi connectivity index (χ1) is 15.9. The van der Waals surface area contributed by atoms with Gasteiger partial charge in [-0.1, -0.05) is 18.9 Å². The minimum atomic E-state index is -3.53. The summed E-state index contributed by atoms with van der Waals surface area (Å²) in [5.41, 5.74) is 1.52. The summed E-state index contributed by atoms with van der Waals surface area (Å²) in [7, 11) is -3.53. The van der Waals surface area contributed by atoms with Crippen molar-refractivity contribution in [1.29, 1.82) is 0 Å². The van der Waals surface area contributed by atoms with Crippen LogP contribution in [-0.2, 0) is 10.0 Å². The van der Waals surface area contributed by atoms with Crippen LogP contribution in [0.2, 0.25) is 0 Å². The van der Waals surface area contributed by atoms with Crippen molar-refractivity contribution in [2.75, 3.05) is 23.7 Å². The fourth-order valence-corrected chi connectivity index (χ4v) is 5.79. The van der Waals surface area contributed by atoms with Crippen LogP contribution in [0.25, 0.3) is 0 Å². The van der Waals surface area contributed by atoms with E-state index in [0.717, 1.165) is 25.7 Å². The summed E-state index contributed by atoms with van der Waals surface area (Å²) in [4.78, 5) is 25.5. The predicted octanol–water partition coefficient (Wildman–Crippen LogP) is 4.82.